The molecule has 2 aliphatic rings. The van der Waals surface area contributed by atoms with E-state index in [0.717, 1.165) is 18.5 Å². The number of nitrogens with zero attached hydrogens (tertiary/aromatic N) is 1. The number of piperidine rings is 1. The van der Waals surface area contributed by atoms with Gasteiger partial charge in [0.15, 0.2) is 0 Å². The monoisotopic (exact) mass is 541 g/mol. The minimum atomic E-state index is -2.74. The first kappa shape index (κ1) is 27.3. The van der Waals surface area contributed by atoms with Crippen molar-refractivity contribution in [1.29, 1.82) is 0 Å². The summed E-state index contributed by atoms with van der Waals surface area (Å²) in [5.74, 6) is -0.427. The summed E-state index contributed by atoms with van der Waals surface area (Å²) in [5, 5.41) is 2.32. The highest BCUT2D eigenvalue weighted by molar-refractivity contribution is 6.99. The predicted octanol–water partition coefficient (Wildman–Crippen LogP) is 5.71. The van der Waals surface area contributed by atoms with E-state index in [-0.39, 0.29) is 35.0 Å². The predicted molar refractivity (Wildman–Crippen MR) is 158 cm³/mol. The van der Waals surface area contributed by atoms with Crippen LogP contribution in [-0.2, 0) is 14.0 Å². The number of amides is 1. The summed E-state index contributed by atoms with van der Waals surface area (Å²) < 4.78 is 12.8. The molecule has 1 saturated carbocycles. The first-order chi connectivity index (χ1) is 18.4. The minimum Gasteiger partial charge on any atom is -0.456 e. The maximum Gasteiger partial charge on any atom is 0.338 e. The van der Waals surface area contributed by atoms with E-state index in [9.17, 15) is 9.59 Å². The molecule has 0 radical (unpaired) electrons. The van der Waals surface area contributed by atoms with Crippen molar-refractivity contribution in [1.82, 2.24) is 0 Å². The molecule has 39 heavy (non-hydrogen) atoms. The number of carbonyl (C=O) groups excluding carboxylic acids is 2. The summed E-state index contributed by atoms with van der Waals surface area (Å²) in [6, 6.07) is 28.5. The number of ether oxygens (including phenoxy) is 1. The lowest BCUT2D eigenvalue weighted by molar-refractivity contribution is -0.124. The molecule has 5 nitrogen and oxygen atoms in total. The van der Waals surface area contributed by atoms with E-state index in [2.05, 4.69) is 69.3 Å². The van der Waals surface area contributed by atoms with Gasteiger partial charge >= 0.3 is 5.97 Å². The van der Waals surface area contributed by atoms with Gasteiger partial charge in [0.2, 0.25) is 5.91 Å². The van der Waals surface area contributed by atoms with Gasteiger partial charge in [0, 0.05) is 11.7 Å². The Hall–Kier alpha value is -3.22. The van der Waals surface area contributed by atoms with Gasteiger partial charge in [-0.3, -0.25) is 4.79 Å². The molecule has 3 aromatic carbocycles. The van der Waals surface area contributed by atoms with E-state index in [4.69, 9.17) is 9.16 Å². The second kappa shape index (κ2) is 10.1. The molecule has 1 amide bonds. The number of benzene rings is 3. The van der Waals surface area contributed by atoms with Crippen LogP contribution in [0.15, 0.2) is 84.9 Å². The lowest BCUT2D eigenvalue weighted by Crippen LogP contribution is -2.68. The van der Waals surface area contributed by atoms with Crippen molar-refractivity contribution in [2.24, 2.45) is 5.92 Å². The van der Waals surface area contributed by atoms with Crippen LogP contribution in [0.4, 0.5) is 5.69 Å². The lowest BCUT2D eigenvalue weighted by Gasteiger charge is -2.46. The van der Waals surface area contributed by atoms with Gasteiger partial charge in [-0.05, 0) is 73.3 Å². The summed E-state index contributed by atoms with van der Waals surface area (Å²) in [4.78, 5) is 28.1. The van der Waals surface area contributed by atoms with Crippen LogP contribution in [-0.4, -0.2) is 37.9 Å². The fraction of sp³-hybridized carbons (Fsp3) is 0.394. The summed E-state index contributed by atoms with van der Waals surface area (Å²) in [5.41, 5.74) is 0.752. The minimum absolute atomic E-state index is 0.0816. The Morgan fingerprint density at radius 3 is 1.79 bits per heavy atom. The van der Waals surface area contributed by atoms with E-state index in [1.807, 2.05) is 49.9 Å². The Morgan fingerprint density at radius 1 is 0.795 bits per heavy atom. The van der Waals surface area contributed by atoms with Crippen molar-refractivity contribution in [3.63, 3.8) is 0 Å². The summed E-state index contributed by atoms with van der Waals surface area (Å²) >= 11 is 0. The summed E-state index contributed by atoms with van der Waals surface area (Å²) in [6.45, 7) is 12.4. The molecule has 0 N–H and O–H groups in total. The third-order valence-electron chi connectivity index (χ3n) is 7.92. The maximum absolute atomic E-state index is 13.8. The zero-order valence-corrected chi connectivity index (χ0v) is 24.8. The van der Waals surface area contributed by atoms with Crippen molar-refractivity contribution in [3.8, 4) is 0 Å². The van der Waals surface area contributed by atoms with E-state index < -0.39 is 13.9 Å². The highest BCUT2D eigenvalue weighted by Gasteiger charge is 2.58. The molecule has 1 saturated heterocycles. The molecule has 0 aromatic heterocycles. The molecule has 0 spiro atoms. The van der Waals surface area contributed by atoms with Gasteiger partial charge in [0.1, 0.15) is 5.60 Å². The molecule has 204 valence electrons. The smallest absolute Gasteiger partial charge is 0.338 e. The Morgan fingerprint density at radius 2 is 1.33 bits per heavy atom. The fourth-order valence-corrected chi connectivity index (χ4v) is 11.0. The molecule has 2 fully saturated rings. The Labute approximate surface area is 233 Å². The highest BCUT2D eigenvalue weighted by Crippen LogP contribution is 2.46. The van der Waals surface area contributed by atoms with Crippen LogP contribution in [0.5, 0.6) is 0 Å². The topological polar surface area (TPSA) is 55.8 Å². The van der Waals surface area contributed by atoms with Gasteiger partial charge < -0.3 is 14.1 Å². The standard InChI is InChI=1S/C33H39NO4Si/c1-32(2,3)37-31(36)23-17-19-24(20-18-23)34-25-21-28(30(34)35)29(22-25)38-39(33(4,5)6,26-13-9-7-10-14-26)27-15-11-8-12-16-27/h7-20,25,28-29H,21-22H2,1-6H3/t25-,28+,29+/m0/s1. The van der Waals surface area contributed by atoms with E-state index in [1.165, 1.54) is 10.4 Å². The molecule has 1 aliphatic heterocycles. The first-order valence-electron chi connectivity index (χ1n) is 13.9. The zero-order chi connectivity index (χ0) is 28.0. The normalized spacial score (nSPS) is 21.3. The molecule has 0 unspecified atom stereocenters. The van der Waals surface area contributed by atoms with E-state index >= 15 is 0 Å². The Kier molecular flexibility index (Phi) is 7.06. The number of anilines is 1. The number of rotatable bonds is 6. The number of carbonyl (C=O) groups is 2. The van der Waals surface area contributed by atoms with Gasteiger partial charge in [-0.25, -0.2) is 4.79 Å². The number of hydrogen-bond acceptors (Lipinski definition) is 4. The van der Waals surface area contributed by atoms with Crippen LogP contribution >= 0.6 is 0 Å². The van der Waals surface area contributed by atoms with Crippen molar-refractivity contribution in [2.45, 2.75) is 77.2 Å². The van der Waals surface area contributed by atoms with E-state index in [0.29, 0.717) is 5.56 Å². The SMILES string of the molecule is CC(C)(C)OC(=O)c1ccc(N2C(=O)[C@@H]3C[C@H]2C[C@H]3O[Si](c2ccccc2)(c2ccccc2)C(C)(C)C)cc1. The van der Waals surface area contributed by atoms with Crippen LogP contribution in [0, 0.1) is 5.92 Å². The molecule has 3 aromatic rings. The van der Waals surface area contributed by atoms with E-state index in [1.54, 1.807) is 12.1 Å². The Balaban J connectivity index is 1.41. The molecule has 1 heterocycles. The van der Waals surface area contributed by atoms with Gasteiger partial charge in [-0.1, -0.05) is 81.4 Å². The first-order valence-corrected chi connectivity index (χ1v) is 15.8. The van der Waals surface area contributed by atoms with Gasteiger partial charge in [-0.2, -0.15) is 0 Å². The lowest BCUT2D eigenvalue weighted by atomic mass is 10.0. The summed E-state index contributed by atoms with van der Waals surface area (Å²) in [7, 11) is -2.74. The van der Waals surface area contributed by atoms with Crippen molar-refractivity contribution >= 4 is 36.3 Å². The van der Waals surface area contributed by atoms with Crippen molar-refractivity contribution < 1.29 is 18.8 Å². The third kappa shape index (κ3) is 5.08. The van der Waals surface area contributed by atoms with Crippen LogP contribution in [0.25, 0.3) is 0 Å². The molecular formula is C33H39NO4Si. The molecular weight excluding hydrogens is 502 g/mol. The number of fused-ring (bicyclic) bond motifs is 2. The number of esters is 1. The van der Waals surface area contributed by atoms with Gasteiger partial charge in [-0.15, -0.1) is 0 Å². The van der Waals surface area contributed by atoms with Crippen LogP contribution < -0.4 is 15.3 Å². The second-order valence-electron chi connectivity index (χ2n) is 12.8. The molecule has 3 atom stereocenters. The van der Waals surface area contributed by atoms with Gasteiger partial charge in [0.25, 0.3) is 8.32 Å². The molecule has 1 aliphatic carbocycles. The van der Waals surface area contributed by atoms with Gasteiger partial charge in [0.05, 0.1) is 17.6 Å². The Bertz CT molecular complexity index is 1290. The average Bonchev–Trinajstić information content (AvgIpc) is 3.44. The zero-order valence-electron chi connectivity index (χ0n) is 23.8. The van der Waals surface area contributed by atoms with Crippen LogP contribution in [0.1, 0.15) is 64.7 Å². The van der Waals surface area contributed by atoms with Crippen LogP contribution in [0.2, 0.25) is 5.04 Å². The van der Waals surface area contributed by atoms with Crippen molar-refractivity contribution in [3.05, 3.63) is 90.5 Å². The van der Waals surface area contributed by atoms with Crippen molar-refractivity contribution in [2.75, 3.05) is 4.90 Å². The molecule has 2 bridgehead atoms. The molecule has 6 heteroatoms. The highest BCUT2D eigenvalue weighted by atomic mass is 28.4. The maximum atomic E-state index is 13.8. The second-order valence-corrected chi connectivity index (χ2v) is 17.1. The van der Waals surface area contributed by atoms with Crippen LogP contribution in [0.3, 0.4) is 0 Å². The fourth-order valence-electron chi connectivity index (χ4n) is 6.28. The number of hydrogen-bond donors (Lipinski definition) is 0. The average molecular weight is 542 g/mol. The largest absolute Gasteiger partial charge is 0.456 e. The quantitative estimate of drug-likeness (QED) is 0.296. The summed E-state index contributed by atoms with van der Waals surface area (Å²) in [6.07, 6.45) is 1.45. The molecule has 5 rings (SSSR count). The third-order valence-corrected chi connectivity index (χ3v) is 13.0.